The molecule has 0 saturated carbocycles. The molecule has 2 aromatic heterocycles. The normalized spacial score (nSPS) is 10.4. The molecule has 2 rings (SSSR count). The molecule has 2 aromatic rings. The predicted octanol–water partition coefficient (Wildman–Crippen LogP) is 2.04. The van der Waals surface area contributed by atoms with Gasteiger partial charge in [0.25, 0.3) is 0 Å². The molecule has 4 nitrogen and oxygen atoms in total. The molecule has 0 N–H and O–H groups in total. The van der Waals surface area contributed by atoms with Crippen molar-refractivity contribution in [2.45, 2.75) is 6.92 Å². The molecule has 0 aliphatic heterocycles. The number of carbonyl (C=O) groups excluding carboxylic acids is 1. The van der Waals surface area contributed by atoms with E-state index in [1.165, 1.54) is 7.11 Å². The molecule has 16 heavy (non-hydrogen) atoms. The minimum absolute atomic E-state index is 0.341. The summed E-state index contributed by atoms with van der Waals surface area (Å²) in [5.41, 5.74) is 2.49. The highest BCUT2D eigenvalue weighted by molar-refractivity contribution is 5.89. The summed E-state index contributed by atoms with van der Waals surface area (Å²) >= 11 is 0. The van der Waals surface area contributed by atoms with E-state index in [1.807, 2.05) is 23.6 Å². The fourth-order valence-electron chi connectivity index (χ4n) is 1.79. The number of methoxy groups -OCH3 is 2. The number of fused-ring (bicyclic) bond motifs is 1. The largest absolute Gasteiger partial charge is 0.494 e. The predicted molar refractivity (Wildman–Crippen MR) is 60.0 cm³/mol. The number of aryl methyl sites for hydroxylation is 1. The molecule has 0 aromatic carbocycles. The first kappa shape index (κ1) is 10.5. The fraction of sp³-hybridized carbons (Fsp3) is 0.250. The summed E-state index contributed by atoms with van der Waals surface area (Å²) in [5, 5.41) is 0. The summed E-state index contributed by atoms with van der Waals surface area (Å²) in [6.45, 7) is 1.96. The molecule has 0 spiro atoms. The summed E-state index contributed by atoms with van der Waals surface area (Å²) in [6.07, 6.45) is 3.65. The summed E-state index contributed by atoms with van der Waals surface area (Å²) < 4.78 is 11.8. The third-order valence-corrected chi connectivity index (χ3v) is 2.53. The Hall–Kier alpha value is -1.97. The van der Waals surface area contributed by atoms with Crippen molar-refractivity contribution in [1.29, 1.82) is 0 Å². The van der Waals surface area contributed by atoms with Gasteiger partial charge >= 0.3 is 5.97 Å². The third-order valence-electron chi connectivity index (χ3n) is 2.53. The van der Waals surface area contributed by atoms with Crippen molar-refractivity contribution >= 4 is 11.5 Å². The molecule has 4 heteroatoms. The minimum Gasteiger partial charge on any atom is -0.494 e. The summed E-state index contributed by atoms with van der Waals surface area (Å²) in [6, 6.07) is 3.57. The van der Waals surface area contributed by atoms with Gasteiger partial charge in [-0.2, -0.15) is 0 Å². The van der Waals surface area contributed by atoms with Crippen LogP contribution in [0, 0.1) is 6.92 Å². The first-order chi connectivity index (χ1) is 7.67. The zero-order valence-electron chi connectivity index (χ0n) is 9.48. The molecular formula is C12H13NO3. The average Bonchev–Trinajstić information content (AvgIpc) is 2.62. The third kappa shape index (κ3) is 1.52. The van der Waals surface area contributed by atoms with E-state index >= 15 is 0 Å². The van der Waals surface area contributed by atoms with Gasteiger partial charge in [-0.25, -0.2) is 4.79 Å². The molecule has 0 aliphatic carbocycles. The summed E-state index contributed by atoms with van der Waals surface area (Å²) in [4.78, 5) is 11.4. The van der Waals surface area contributed by atoms with E-state index in [9.17, 15) is 4.79 Å². The van der Waals surface area contributed by atoms with Crippen LogP contribution in [0.2, 0.25) is 0 Å². The second kappa shape index (κ2) is 3.89. The van der Waals surface area contributed by atoms with Gasteiger partial charge in [0.15, 0.2) is 0 Å². The van der Waals surface area contributed by atoms with E-state index in [1.54, 1.807) is 19.4 Å². The first-order valence-corrected chi connectivity index (χ1v) is 4.91. The standard InChI is InChI=1S/C12H13NO3/c1-8-6-13-7-9(12(14)16-3)4-5-10(13)11(8)15-2/h4-7H,1-3H3. The van der Waals surface area contributed by atoms with Crippen molar-refractivity contribution in [3.8, 4) is 5.75 Å². The Morgan fingerprint density at radius 3 is 2.62 bits per heavy atom. The fourth-order valence-corrected chi connectivity index (χ4v) is 1.79. The maximum absolute atomic E-state index is 11.4. The van der Waals surface area contributed by atoms with Crippen LogP contribution in [0.4, 0.5) is 0 Å². The lowest BCUT2D eigenvalue weighted by molar-refractivity contribution is 0.0600. The van der Waals surface area contributed by atoms with Crippen LogP contribution in [-0.4, -0.2) is 24.6 Å². The summed E-state index contributed by atoms with van der Waals surface area (Å²) in [7, 11) is 3.00. The zero-order valence-corrected chi connectivity index (χ0v) is 9.48. The van der Waals surface area contributed by atoms with Crippen LogP contribution >= 0.6 is 0 Å². The Morgan fingerprint density at radius 1 is 1.25 bits per heavy atom. The van der Waals surface area contributed by atoms with Crippen LogP contribution < -0.4 is 4.74 Å². The molecule has 0 unspecified atom stereocenters. The Bertz CT molecular complexity index is 542. The van der Waals surface area contributed by atoms with E-state index < -0.39 is 0 Å². The molecule has 2 heterocycles. The zero-order chi connectivity index (χ0) is 11.7. The van der Waals surface area contributed by atoms with Gasteiger partial charge in [0.2, 0.25) is 0 Å². The van der Waals surface area contributed by atoms with Gasteiger partial charge < -0.3 is 13.9 Å². The number of carbonyl (C=O) groups is 1. The van der Waals surface area contributed by atoms with Crippen molar-refractivity contribution in [3.05, 3.63) is 35.7 Å². The highest BCUT2D eigenvalue weighted by atomic mass is 16.5. The number of esters is 1. The number of hydrogen-bond acceptors (Lipinski definition) is 3. The maximum atomic E-state index is 11.4. The SMILES string of the molecule is COC(=O)c1ccc2c(OC)c(C)cn2c1. The van der Waals surface area contributed by atoms with Gasteiger partial charge in [-0.05, 0) is 19.1 Å². The Kier molecular flexibility index (Phi) is 2.56. The topological polar surface area (TPSA) is 39.9 Å². The van der Waals surface area contributed by atoms with Gasteiger partial charge in [0, 0.05) is 18.0 Å². The van der Waals surface area contributed by atoms with Gasteiger partial charge in [0.05, 0.1) is 25.3 Å². The Balaban J connectivity index is 2.60. The van der Waals surface area contributed by atoms with E-state index in [0.717, 1.165) is 16.8 Å². The molecule has 84 valence electrons. The lowest BCUT2D eigenvalue weighted by Crippen LogP contribution is -2.02. The molecule has 0 bridgehead atoms. The van der Waals surface area contributed by atoms with E-state index in [2.05, 4.69) is 4.74 Å². The molecule has 0 atom stereocenters. The van der Waals surface area contributed by atoms with Crippen molar-refractivity contribution in [2.75, 3.05) is 14.2 Å². The van der Waals surface area contributed by atoms with Gasteiger partial charge in [-0.3, -0.25) is 0 Å². The van der Waals surface area contributed by atoms with Crippen molar-refractivity contribution in [1.82, 2.24) is 4.40 Å². The molecule has 0 aliphatic rings. The van der Waals surface area contributed by atoms with Crippen LogP contribution in [0.25, 0.3) is 5.52 Å². The second-order valence-electron chi connectivity index (χ2n) is 3.55. The molecule has 0 radical (unpaired) electrons. The Labute approximate surface area is 93.4 Å². The van der Waals surface area contributed by atoms with E-state index in [0.29, 0.717) is 5.56 Å². The van der Waals surface area contributed by atoms with Crippen LogP contribution in [0.3, 0.4) is 0 Å². The van der Waals surface area contributed by atoms with Crippen LogP contribution in [0.5, 0.6) is 5.75 Å². The molecule has 0 saturated heterocycles. The van der Waals surface area contributed by atoms with Gasteiger partial charge in [-0.1, -0.05) is 0 Å². The highest BCUT2D eigenvalue weighted by Crippen LogP contribution is 2.26. The smallest absolute Gasteiger partial charge is 0.339 e. The maximum Gasteiger partial charge on any atom is 0.339 e. The molecule has 0 amide bonds. The minimum atomic E-state index is -0.341. The number of aromatic nitrogens is 1. The number of nitrogens with zero attached hydrogens (tertiary/aromatic N) is 1. The Morgan fingerprint density at radius 2 is 2.00 bits per heavy atom. The highest BCUT2D eigenvalue weighted by Gasteiger charge is 2.10. The molecule has 0 fully saturated rings. The molecular weight excluding hydrogens is 206 g/mol. The number of rotatable bonds is 2. The van der Waals surface area contributed by atoms with Gasteiger partial charge in [-0.15, -0.1) is 0 Å². The van der Waals surface area contributed by atoms with Crippen molar-refractivity contribution in [3.63, 3.8) is 0 Å². The number of pyridine rings is 1. The van der Waals surface area contributed by atoms with Gasteiger partial charge in [0.1, 0.15) is 5.75 Å². The lowest BCUT2D eigenvalue weighted by Gasteiger charge is -2.02. The second-order valence-corrected chi connectivity index (χ2v) is 3.55. The van der Waals surface area contributed by atoms with Crippen molar-refractivity contribution < 1.29 is 14.3 Å². The monoisotopic (exact) mass is 219 g/mol. The quantitative estimate of drug-likeness (QED) is 0.726. The summed E-state index contributed by atoms with van der Waals surface area (Å²) in [5.74, 6) is 0.489. The van der Waals surface area contributed by atoms with Crippen LogP contribution in [-0.2, 0) is 4.74 Å². The average molecular weight is 219 g/mol. The number of ether oxygens (including phenoxy) is 2. The van der Waals surface area contributed by atoms with E-state index in [-0.39, 0.29) is 5.97 Å². The van der Waals surface area contributed by atoms with Crippen LogP contribution in [0.1, 0.15) is 15.9 Å². The van der Waals surface area contributed by atoms with Crippen LogP contribution in [0.15, 0.2) is 24.5 Å². The lowest BCUT2D eigenvalue weighted by atomic mass is 10.2. The first-order valence-electron chi connectivity index (χ1n) is 4.91. The van der Waals surface area contributed by atoms with Crippen molar-refractivity contribution in [2.24, 2.45) is 0 Å². The van der Waals surface area contributed by atoms with E-state index in [4.69, 9.17) is 4.74 Å². The number of hydrogen-bond donors (Lipinski definition) is 0.